The molecule has 0 amide bonds. The lowest BCUT2D eigenvalue weighted by molar-refractivity contribution is 0.329. The summed E-state index contributed by atoms with van der Waals surface area (Å²) in [5, 5.41) is 7.02. The molecule has 1 aliphatic rings. The number of aromatic nitrogens is 2. The quantitative estimate of drug-likeness (QED) is 0.375. The molecule has 1 heterocycles. The maximum absolute atomic E-state index is 4.52. The average Bonchev–Trinajstić information content (AvgIpc) is 3.10. The van der Waals surface area contributed by atoms with Crippen LogP contribution in [0.3, 0.4) is 0 Å². The number of guanidine groups is 1. The molecule has 27 heavy (non-hydrogen) atoms. The molecule has 0 radical (unpaired) electrons. The summed E-state index contributed by atoms with van der Waals surface area (Å²) >= 11 is 0. The maximum atomic E-state index is 4.52. The molecule has 0 saturated heterocycles. The van der Waals surface area contributed by atoms with E-state index in [1.807, 2.05) is 19.3 Å². The van der Waals surface area contributed by atoms with Crippen molar-refractivity contribution in [2.75, 3.05) is 13.6 Å². The van der Waals surface area contributed by atoms with Crippen LogP contribution in [0, 0.1) is 5.92 Å². The zero-order valence-electron chi connectivity index (χ0n) is 16.4. The van der Waals surface area contributed by atoms with E-state index in [2.05, 4.69) is 62.6 Å². The standard InChI is InChI=1S/C21H31N5.HI/c1-17-8-10-19(11-9-17)25-21(22-2)24-13-12-20-23-14-15-26(20)16-18-6-4-3-5-7-18;/h3-7,14-15,17,19H,8-13,16H2,1-2H3,(H2,22,24,25);1H. The van der Waals surface area contributed by atoms with Crippen LogP contribution in [0.5, 0.6) is 0 Å². The molecule has 0 atom stereocenters. The highest BCUT2D eigenvalue weighted by Gasteiger charge is 2.18. The highest BCUT2D eigenvalue weighted by atomic mass is 127. The summed E-state index contributed by atoms with van der Waals surface area (Å²) in [6.45, 7) is 4.04. The number of nitrogens with zero attached hydrogens (tertiary/aromatic N) is 3. The van der Waals surface area contributed by atoms with E-state index in [1.54, 1.807) is 0 Å². The second-order valence-corrected chi connectivity index (χ2v) is 7.31. The van der Waals surface area contributed by atoms with Gasteiger partial charge in [-0.1, -0.05) is 37.3 Å². The van der Waals surface area contributed by atoms with Gasteiger partial charge in [0.05, 0.1) is 0 Å². The Kier molecular flexibility index (Phi) is 9.10. The highest BCUT2D eigenvalue weighted by molar-refractivity contribution is 14.0. The number of rotatable bonds is 6. The lowest BCUT2D eigenvalue weighted by atomic mass is 9.87. The minimum atomic E-state index is 0. The Morgan fingerprint density at radius 3 is 2.63 bits per heavy atom. The third-order valence-electron chi connectivity index (χ3n) is 5.22. The summed E-state index contributed by atoms with van der Waals surface area (Å²) in [4.78, 5) is 8.90. The first-order valence-corrected chi connectivity index (χ1v) is 9.75. The second kappa shape index (κ2) is 11.3. The van der Waals surface area contributed by atoms with Gasteiger partial charge in [-0.25, -0.2) is 4.98 Å². The Morgan fingerprint density at radius 2 is 1.93 bits per heavy atom. The van der Waals surface area contributed by atoms with E-state index < -0.39 is 0 Å². The number of halogens is 1. The minimum absolute atomic E-state index is 0. The van der Waals surface area contributed by atoms with E-state index in [0.717, 1.165) is 37.2 Å². The van der Waals surface area contributed by atoms with Crippen LogP contribution < -0.4 is 10.6 Å². The van der Waals surface area contributed by atoms with Gasteiger partial charge >= 0.3 is 0 Å². The third kappa shape index (κ3) is 6.83. The van der Waals surface area contributed by atoms with Crippen LogP contribution in [0.1, 0.15) is 44.0 Å². The van der Waals surface area contributed by atoms with E-state index in [4.69, 9.17) is 0 Å². The molecule has 0 aliphatic heterocycles. The topological polar surface area (TPSA) is 54.2 Å². The fraction of sp³-hybridized carbons (Fsp3) is 0.524. The predicted molar refractivity (Wildman–Crippen MR) is 123 cm³/mol. The van der Waals surface area contributed by atoms with Crippen LogP contribution in [-0.2, 0) is 13.0 Å². The summed E-state index contributed by atoms with van der Waals surface area (Å²) in [6.07, 6.45) is 9.92. The van der Waals surface area contributed by atoms with Gasteiger partial charge in [-0.2, -0.15) is 0 Å². The number of aliphatic imine (C=N–C) groups is 1. The molecule has 6 heteroatoms. The first kappa shape index (κ1) is 21.7. The normalized spacial score (nSPS) is 20.0. The lowest BCUT2D eigenvalue weighted by Crippen LogP contribution is -2.45. The first-order valence-electron chi connectivity index (χ1n) is 9.75. The summed E-state index contributed by atoms with van der Waals surface area (Å²) in [5.74, 6) is 2.88. The van der Waals surface area contributed by atoms with Crippen molar-refractivity contribution in [1.82, 2.24) is 20.2 Å². The highest BCUT2D eigenvalue weighted by Crippen LogP contribution is 2.23. The van der Waals surface area contributed by atoms with Crippen LogP contribution in [0.2, 0.25) is 0 Å². The van der Waals surface area contributed by atoms with Crippen molar-refractivity contribution in [1.29, 1.82) is 0 Å². The van der Waals surface area contributed by atoms with E-state index in [0.29, 0.717) is 6.04 Å². The smallest absolute Gasteiger partial charge is 0.191 e. The van der Waals surface area contributed by atoms with Crippen LogP contribution in [-0.4, -0.2) is 35.1 Å². The van der Waals surface area contributed by atoms with Crippen molar-refractivity contribution in [3.63, 3.8) is 0 Å². The van der Waals surface area contributed by atoms with Crippen LogP contribution in [0.4, 0.5) is 0 Å². The van der Waals surface area contributed by atoms with Crippen molar-refractivity contribution in [3.05, 3.63) is 54.1 Å². The van der Waals surface area contributed by atoms with Crippen molar-refractivity contribution in [2.45, 2.75) is 51.6 Å². The van der Waals surface area contributed by atoms with Gasteiger partial charge in [0.2, 0.25) is 0 Å². The van der Waals surface area contributed by atoms with Gasteiger partial charge in [0.25, 0.3) is 0 Å². The maximum Gasteiger partial charge on any atom is 0.191 e. The van der Waals surface area contributed by atoms with Crippen molar-refractivity contribution < 1.29 is 0 Å². The van der Waals surface area contributed by atoms with E-state index in [9.17, 15) is 0 Å². The molecule has 1 aromatic carbocycles. The largest absolute Gasteiger partial charge is 0.356 e. The molecule has 1 aromatic heterocycles. The summed E-state index contributed by atoms with van der Waals surface area (Å²) in [5.41, 5.74) is 1.30. The number of hydrogen-bond donors (Lipinski definition) is 2. The van der Waals surface area contributed by atoms with E-state index in [-0.39, 0.29) is 24.0 Å². The molecule has 2 aromatic rings. The molecule has 2 N–H and O–H groups in total. The number of hydrogen-bond acceptors (Lipinski definition) is 2. The fourth-order valence-corrected chi connectivity index (χ4v) is 3.58. The molecule has 0 unspecified atom stereocenters. The summed E-state index contributed by atoms with van der Waals surface area (Å²) in [6, 6.07) is 11.1. The van der Waals surface area contributed by atoms with Gasteiger partial charge in [-0.05, 0) is 37.2 Å². The molecule has 0 bridgehead atoms. The van der Waals surface area contributed by atoms with E-state index >= 15 is 0 Å². The Bertz CT molecular complexity index is 690. The molecule has 5 nitrogen and oxygen atoms in total. The molecular formula is C21H32IN5. The number of imidazole rings is 1. The molecular weight excluding hydrogens is 449 g/mol. The Hall–Kier alpha value is -1.57. The molecule has 0 spiro atoms. The van der Waals surface area contributed by atoms with Crippen LogP contribution in [0.25, 0.3) is 0 Å². The average molecular weight is 481 g/mol. The lowest BCUT2D eigenvalue weighted by Gasteiger charge is -2.28. The van der Waals surface area contributed by atoms with Gasteiger partial charge in [0, 0.05) is 45.0 Å². The molecule has 148 valence electrons. The van der Waals surface area contributed by atoms with Crippen molar-refractivity contribution >= 4 is 29.9 Å². The minimum Gasteiger partial charge on any atom is -0.356 e. The molecule has 1 saturated carbocycles. The van der Waals surface area contributed by atoms with E-state index in [1.165, 1.54) is 31.2 Å². The van der Waals surface area contributed by atoms with Gasteiger partial charge in [-0.15, -0.1) is 24.0 Å². The van der Waals surface area contributed by atoms with Crippen molar-refractivity contribution in [3.8, 4) is 0 Å². The predicted octanol–water partition coefficient (Wildman–Crippen LogP) is 3.84. The molecule has 3 rings (SSSR count). The van der Waals surface area contributed by atoms with Crippen molar-refractivity contribution in [2.24, 2.45) is 10.9 Å². The monoisotopic (exact) mass is 481 g/mol. The summed E-state index contributed by atoms with van der Waals surface area (Å²) in [7, 11) is 1.84. The van der Waals surface area contributed by atoms with Crippen LogP contribution >= 0.6 is 24.0 Å². The van der Waals surface area contributed by atoms with Crippen LogP contribution in [0.15, 0.2) is 47.7 Å². The Balaban J connectivity index is 0.00000261. The first-order chi connectivity index (χ1) is 12.7. The number of benzene rings is 1. The second-order valence-electron chi connectivity index (χ2n) is 7.31. The Labute approximate surface area is 180 Å². The van der Waals surface area contributed by atoms with Gasteiger partial charge in [-0.3, -0.25) is 4.99 Å². The molecule has 1 aliphatic carbocycles. The number of nitrogens with one attached hydrogen (secondary N) is 2. The molecule has 1 fully saturated rings. The zero-order chi connectivity index (χ0) is 18.2. The Morgan fingerprint density at radius 1 is 1.19 bits per heavy atom. The third-order valence-corrected chi connectivity index (χ3v) is 5.22. The fourth-order valence-electron chi connectivity index (χ4n) is 3.58. The van der Waals surface area contributed by atoms with Gasteiger partial charge < -0.3 is 15.2 Å². The summed E-state index contributed by atoms with van der Waals surface area (Å²) < 4.78 is 2.22. The SMILES string of the molecule is CN=C(NCCc1nccn1Cc1ccccc1)NC1CCC(C)CC1.I. The van der Waals surface area contributed by atoms with Gasteiger partial charge in [0.15, 0.2) is 5.96 Å². The zero-order valence-corrected chi connectivity index (χ0v) is 18.7. The van der Waals surface area contributed by atoms with Gasteiger partial charge in [0.1, 0.15) is 5.82 Å².